The predicted molar refractivity (Wildman–Crippen MR) is 88.2 cm³/mol. The molecule has 7 nitrogen and oxygen atoms in total. The van der Waals surface area contributed by atoms with E-state index >= 15 is 0 Å². The lowest BCUT2D eigenvalue weighted by atomic mass is 9.96. The van der Waals surface area contributed by atoms with Gasteiger partial charge in [-0.25, -0.2) is 14.4 Å². The maximum atomic E-state index is 13.6. The molecule has 25 heavy (non-hydrogen) atoms. The molecule has 0 spiro atoms. The van der Waals surface area contributed by atoms with Crippen LogP contribution in [-0.2, 0) is 9.59 Å². The molecule has 0 radical (unpaired) electrons. The summed E-state index contributed by atoms with van der Waals surface area (Å²) in [6.07, 6.45) is 2.42. The number of primary amides is 1. The van der Waals surface area contributed by atoms with E-state index in [0.29, 0.717) is 36.5 Å². The molecule has 0 saturated carbocycles. The second-order valence-electron chi connectivity index (χ2n) is 5.70. The summed E-state index contributed by atoms with van der Waals surface area (Å²) in [7, 11) is 1.38. The van der Waals surface area contributed by atoms with Gasteiger partial charge in [-0.05, 0) is 31.0 Å². The van der Waals surface area contributed by atoms with E-state index in [4.69, 9.17) is 10.5 Å². The normalized spacial score (nSPS) is 17.4. The van der Waals surface area contributed by atoms with E-state index in [-0.39, 0.29) is 11.7 Å². The minimum atomic E-state index is -0.835. The molecule has 1 aliphatic rings. The lowest BCUT2D eigenvalue weighted by Gasteiger charge is -2.30. The van der Waals surface area contributed by atoms with Gasteiger partial charge >= 0.3 is 0 Å². The highest BCUT2D eigenvalue weighted by Crippen LogP contribution is 2.28. The number of hydrogen-bond acceptors (Lipinski definition) is 5. The Morgan fingerprint density at radius 3 is 2.88 bits per heavy atom. The maximum absolute atomic E-state index is 13.6. The molecule has 130 valence electrons. The third-order valence-corrected chi connectivity index (χ3v) is 4.16. The summed E-state index contributed by atoms with van der Waals surface area (Å²) in [6.45, 7) is 0.450. The minimum Gasteiger partial charge on any atom is -0.494 e. The average Bonchev–Trinajstić information content (AvgIpc) is 2.62. The molecule has 1 saturated heterocycles. The molecule has 2 N–H and O–H groups in total. The van der Waals surface area contributed by atoms with Gasteiger partial charge in [0.2, 0.25) is 11.8 Å². The van der Waals surface area contributed by atoms with Gasteiger partial charge in [0.05, 0.1) is 12.8 Å². The summed E-state index contributed by atoms with van der Waals surface area (Å²) in [5.41, 5.74) is 6.43. The molecule has 8 heteroatoms. The van der Waals surface area contributed by atoms with Gasteiger partial charge in [0.1, 0.15) is 18.1 Å². The number of ether oxygens (including phenoxy) is 1. The van der Waals surface area contributed by atoms with E-state index in [1.165, 1.54) is 30.5 Å². The Balaban J connectivity index is 1.94. The lowest BCUT2D eigenvalue weighted by molar-refractivity contribution is -0.133. The Hall–Kier alpha value is -3.03. The number of carbonyl (C=O) groups excluding carboxylic acids is 2. The molecule has 1 fully saturated rings. The molecule has 3 rings (SSSR count). The first-order chi connectivity index (χ1) is 12.0. The summed E-state index contributed by atoms with van der Waals surface area (Å²) in [5, 5.41) is 0. The third-order valence-electron chi connectivity index (χ3n) is 4.16. The Labute approximate surface area is 143 Å². The number of benzene rings is 1. The molecular formula is C17H17FN4O3. The van der Waals surface area contributed by atoms with Gasteiger partial charge < -0.3 is 10.5 Å². The molecule has 0 bridgehead atoms. The van der Waals surface area contributed by atoms with Gasteiger partial charge in [-0.15, -0.1) is 0 Å². The number of methoxy groups -OCH3 is 1. The van der Waals surface area contributed by atoms with E-state index in [9.17, 15) is 14.0 Å². The highest BCUT2D eigenvalue weighted by Gasteiger charge is 2.34. The van der Waals surface area contributed by atoms with Gasteiger partial charge in [-0.3, -0.25) is 14.5 Å². The monoisotopic (exact) mass is 344 g/mol. The summed E-state index contributed by atoms with van der Waals surface area (Å²) in [4.78, 5) is 33.6. The number of hydrogen-bond donors (Lipinski definition) is 1. The van der Waals surface area contributed by atoms with Crippen LogP contribution < -0.4 is 15.4 Å². The van der Waals surface area contributed by atoms with Crippen LogP contribution in [-0.4, -0.2) is 35.4 Å². The van der Waals surface area contributed by atoms with Crippen LogP contribution in [0.25, 0.3) is 11.3 Å². The molecule has 2 amide bonds. The maximum Gasteiger partial charge on any atom is 0.240 e. The highest BCUT2D eigenvalue weighted by molar-refractivity contribution is 6.07. The van der Waals surface area contributed by atoms with Crippen molar-refractivity contribution in [1.29, 1.82) is 0 Å². The zero-order chi connectivity index (χ0) is 18.0. The van der Waals surface area contributed by atoms with Crippen molar-refractivity contribution in [2.75, 3.05) is 18.6 Å². The molecule has 2 aromatic rings. The lowest BCUT2D eigenvalue weighted by Crippen LogP contribution is -2.46. The highest BCUT2D eigenvalue weighted by atomic mass is 19.1. The zero-order valence-electron chi connectivity index (χ0n) is 13.6. The van der Waals surface area contributed by atoms with Crippen LogP contribution in [0.15, 0.2) is 30.6 Å². The Morgan fingerprint density at radius 1 is 1.36 bits per heavy atom. The fourth-order valence-corrected chi connectivity index (χ4v) is 2.84. The van der Waals surface area contributed by atoms with E-state index < -0.39 is 17.6 Å². The number of nitrogens with zero attached hydrogens (tertiary/aromatic N) is 3. The average molecular weight is 344 g/mol. The number of piperidine rings is 1. The van der Waals surface area contributed by atoms with Crippen molar-refractivity contribution >= 4 is 17.6 Å². The van der Waals surface area contributed by atoms with E-state index in [2.05, 4.69) is 9.97 Å². The number of carbonyl (C=O) groups is 2. The van der Waals surface area contributed by atoms with Crippen LogP contribution >= 0.6 is 0 Å². The fraction of sp³-hybridized carbons (Fsp3) is 0.294. The van der Waals surface area contributed by atoms with Crippen molar-refractivity contribution in [3.63, 3.8) is 0 Å². The van der Waals surface area contributed by atoms with E-state index in [0.717, 1.165) is 0 Å². The van der Waals surface area contributed by atoms with Crippen molar-refractivity contribution in [2.45, 2.75) is 12.8 Å². The number of amides is 2. The van der Waals surface area contributed by atoms with Crippen molar-refractivity contribution in [3.8, 4) is 17.0 Å². The molecule has 1 aliphatic heterocycles. The number of anilines is 1. The Bertz CT molecular complexity index is 827. The van der Waals surface area contributed by atoms with Crippen LogP contribution in [0.2, 0.25) is 0 Å². The van der Waals surface area contributed by atoms with Crippen LogP contribution in [0.5, 0.6) is 5.75 Å². The summed E-state index contributed by atoms with van der Waals surface area (Å²) < 4.78 is 18.5. The zero-order valence-corrected chi connectivity index (χ0v) is 13.6. The number of aromatic nitrogens is 2. The summed E-state index contributed by atoms with van der Waals surface area (Å²) in [6, 6.07) is 5.99. The van der Waals surface area contributed by atoms with Crippen LogP contribution in [0.1, 0.15) is 12.8 Å². The van der Waals surface area contributed by atoms with Crippen LogP contribution in [0, 0.1) is 11.7 Å². The first-order valence-electron chi connectivity index (χ1n) is 7.78. The van der Waals surface area contributed by atoms with Gasteiger partial charge in [-0.2, -0.15) is 0 Å². The molecule has 1 unspecified atom stereocenters. The van der Waals surface area contributed by atoms with Crippen molar-refractivity contribution in [1.82, 2.24) is 9.97 Å². The van der Waals surface area contributed by atoms with E-state index in [1.807, 2.05) is 0 Å². The number of rotatable bonds is 4. The van der Waals surface area contributed by atoms with Crippen LogP contribution in [0.3, 0.4) is 0 Å². The third kappa shape index (κ3) is 3.28. The molecule has 1 aromatic carbocycles. The SMILES string of the molecule is COc1cc(-c2cc(N3CCCC(C(N)=O)C3=O)ncn2)ccc1F. The standard InChI is InChI=1S/C17H17FN4O3/c1-25-14-7-10(4-5-12(14)18)13-8-15(21-9-20-13)22-6-2-3-11(16(19)23)17(22)24/h4-5,7-9,11H,2-3,6H2,1H3,(H2,19,23). The van der Waals surface area contributed by atoms with Crippen molar-refractivity contribution < 1.29 is 18.7 Å². The summed E-state index contributed by atoms with van der Waals surface area (Å²) in [5.74, 6) is -1.83. The van der Waals surface area contributed by atoms with Gasteiger partial charge in [0.15, 0.2) is 11.6 Å². The van der Waals surface area contributed by atoms with Crippen LogP contribution in [0.4, 0.5) is 10.2 Å². The number of nitrogens with two attached hydrogens (primary N) is 1. The van der Waals surface area contributed by atoms with Gasteiger partial charge in [0.25, 0.3) is 0 Å². The van der Waals surface area contributed by atoms with E-state index in [1.54, 1.807) is 12.1 Å². The molecule has 0 aliphatic carbocycles. The molecular weight excluding hydrogens is 327 g/mol. The largest absolute Gasteiger partial charge is 0.494 e. The first kappa shape index (κ1) is 16.8. The fourth-order valence-electron chi connectivity index (χ4n) is 2.84. The Kier molecular flexibility index (Phi) is 4.60. The van der Waals surface area contributed by atoms with Gasteiger partial charge in [0, 0.05) is 18.2 Å². The quantitative estimate of drug-likeness (QED) is 0.848. The predicted octanol–water partition coefficient (Wildman–Crippen LogP) is 1.52. The second kappa shape index (κ2) is 6.84. The Morgan fingerprint density at radius 2 is 2.16 bits per heavy atom. The minimum absolute atomic E-state index is 0.0977. The first-order valence-corrected chi connectivity index (χ1v) is 7.78. The smallest absolute Gasteiger partial charge is 0.240 e. The van der Waals surface area contributed by atoms with Gasteiger partial charge in [-0.1, -0.05) is 0 Å². The molecule has 1 aromatic heterocycles. The number of halogens is 1. The topological polar surface area (TPSA) is 98.4 Å². The second-order valence-corrected chi connectivity index (χ2v) is 5.70. The van der Waals surface area contributed by atoms with Crippen molar-refractivity contribution in [3.05, 3.63) is 36.4 Å². The molecule has 2 heterocycles. The summed E-state index contributed by atoms with van der Waals surface area (Å²) >= 11 is 0. The molecule has 1 atom stereocenters. The van der Waals surface area contributed by atoms with Crippen molar-refractivity contribution in [2.24, 2.45) is 11.7 Å².